The van der Waals surface area contributed by atoms with Gasteiger partial charge in [-0.1, -0.05) is 12.1 Å². The Morgan fingerprint density at radius 1 is 1.18 bits per heavy atom. The maximum Gasteiger partial charge on any atom is 0.125 e. The highest BCUT2D eigenvalue weighted by atomic mass is 15.1. The third-order valence-corrected chi connectivity index (χ3v) is 4.46. The van der Waals surface area contributed by atoms with E-state index in [1.807, 2.05) is 36.5 Å². The second kappa shape index (κ2) is 6.79. The van der Waals surface area contributed by atoms with Crippen molar-refractivity contribution in [3.63, 3.8) is 0 Å². The number of nitrogens with one attached hydrogen (secondary N) is 1. The number of rotatable bonds is 5. The standard InChI is InChI=1S/C18H24N4/c1-22-12-2-3-17(22)10-11-20-18-9-6-15(13-21-18)14-4-7-16(19)8-5-14/h4-9,13,17H,2-3,10-12,19H2,1H3,(H,20,21). The van der Waals surface area contributed by atoms with Gasteiger partial charge in [-0.15, -0.1) is 0 Å². The summed E-state index contributed by atoms with van der Waals surface area (Å²) in [6.07, 6.45) is 5.74. The molecule has 22 heavy (non-hydrogen) atoms. The Morgan fingerprint density at radius 3 is 2.59 bits per heavy atom. The van der Waals surface area contributed by atoms with Crippen LogP contribution in [-0.2, 0) is 0 Å². The Kier molecular flexibility index (Phi) is 4.59. The number of hydrogen-bond acceptors (Lipinski definition) is 4. The molecule has 0 radical (unpaired) electrons. The second-order valence-electron chi connectivity index (χ2n) is 6.05. The van der Waals surface area contributed by atoms with Crippen LogP contribution in [0.2, 0.25) is 0 Å². The zero-order valence-electron chi connectivity index (χ0n) is 13.1. The van der Waals surface area contributed by atoms with Gasteiger partial charge in [0.05, 0.1) is 0 Å². The van der Waals surface area contributed by atoms with E-state index in [9.17, 15) is 0 Å². The SMILES string of the molecule is CN1CCCC1CCNc1ccc(-c2ccc(N)cc2)cn1. The first-order chi connectivity index (χ1) is 10.7. The van der Waals surface area contributed by atoms with Gasteiger partial charge in [0.25, 0.3) is 0 Å². The summed E-state index contributed by atoms with van der Waals surface area (Å²) in [5.41, 5.74) is 8.75. The summed E-state index contributed by atoms with van der Waals surface area (Å²) in [6, 6.07) is 12.7. The van der Waals surface area contributed by atoms with Crippen molar-refractivity contribution in [1.82, 2.24) is 9.88 Å². The van der Waals surface area contributed by atoms with Gasteiger partial charge in [0.2, 0.25) is 0 Å². The Labute approximate surface area is 132 Å². The number of anilines is 2. The third-order valence-electron chi connectivity index (χ3n) is 4.46. The van der Waals surface area contributed by atoms with Gasteiger partial charge in [-0.3, -0.25) is 0 Å². The van der Waals surface area contributed by atoms with Crippen molar-refractivity contribution in [1.29, 1.82) is 0 Å². The van der Waals surface area contributed by atoms with E-state index in [-0.39, 0.29) is 0 Å². The molecule has 4 nitrogen and oxygen atoms in total. The van der Waals surface area contributed by atoms with E-state index in [0.29, 0.717) is 0 Å². The van der Waals surface area contributed by atoms with Gasteiger partial charge in [0.1, 0.15) is 5.82 Å². The van der Waals surface area contributed by atoms with Gasteiger partial charge in [0, 0.05) is 30.0 Å². The molecule has 1 unspecified atom stereocenters. The number of likely N-dealkylation sites (tertiary alicyclic amines) is 1. The van der Waals surface area contributed by atoms with Crippen molar-refractivity contribution in [2.24, 2.45) is 0 Å². The molecule has 1 aliphatic heterocycles. The average Bonchev–Trinajstić information content (AvgIpc) is 2.94. The molecule has 116 valence electrons. The number of nitrogens with zero attached hydrogens (tertiary/aromatic N) is 2. The van der Waals surface area contributed by atoms with Gasteiger partial charge < -0.3 is 16.0 Å². The van der Waals surface area contributed by atoms with Crippen LogP contribution in [0.3, 0.4) is 0 Å². The number of aromatic nitrogens is 1. The summed E-state index contributed by atoms with van der Waals surface area (Å²) in [4.78, 5) is 6.96. The molecule has 1 aromatic carbocycles. The van der Waals surface area contributed by atoms with E-state index in [4.69, 9.17) is 5.73 Å². The smallest absolute Gasteiger partial charge is 0.125 e. The first-order valence-electron chi connectivity index (χ1n) is 7.98. The molecule has 1 fully saturated rings. The lowest BCUT2D eigenvalue weighted by Gasteiger charge is -2.19. The largest absolute Gasteiger partial charge is 0.399 e. The van der Waals surface area contributed by atoms with E-state index in [1.165, 1.54) is 25.8 Å². The van der Waals surface area contributed by atoms with Crippen molar-refractivity contribution >= 4 is 11.5 Å². The minimum Gasteiger partial charge on any atom is -0.399 e. The lowest BCUT2D eigenvalue weighted by Crippen LogP contribution is -2.27. The van der Waals surface area contributed by atoms with Gasteiger partial charge in [-0.05, 0) is 62.7 Å². The zero-order valence-corrected chi connectivity index (χ0v) is 13.1. The summed E-state index contributed by atoms with van der Waals surface area (Å²) in [5.74, 6) is 0.944. The van der Waals surface area contributed by atoms with Crippen LogP contribution in [-0.4, -0.2) is 36.1 Å². The van der Waals surface area contributed by atoms with Crippen molar-refractivity contribution < 1.29 is 0 Å². The molecule has 0 spiro atoms. The molecule has 2 heterocycles. The van der Waals surface area contributed by atoms with Crippen molar-refractivity contribution in [2.45, 2.75) is 25.3 Å². The van der Waals surface area contributed by atoms with E-state index < -0.39 is 0 Å². The van der Waals surface area contributed by atoms with Crippen molar-refractivity contribution in [3.8, 4) is 11.1 Å². The molecule has 3 N–H and O–H groups in total. The Balaban J connectivity index is 1.54. The molecule has 4 heteroatoms. The maximum atomic E-state index is 5.72. The Morgan fingerprint density at radius 2 is 1.95 bits per heavy atom. The van der Waals surface area contributed by atoms with Crippen molar-refractivity contribution in [3.05, 3.63) is 42.6 Å². The first-order valence-corrected chi connectivity index (χ1v) is 7.98. The van der Waals surface area contributed by atoms with Gasteiger partial charge in [-0.2, -0.15) is 0 Å². The lowest BCUT2D eigenvalue weighted by molar-refractivity contribution is 0.301. The summed E-state index contributed by atoms with van der Waals surface area (Å²) < 4.78 is 0. The molecule has 0 saturated carbocycles. The predicted octanol–water partition coefficient (Wildman–Crippen LogP) is 3.23. The average molecular weight is 296 g/mol. The monoisotopic (exact) mass is 296 g/mol. The second-order valence-corrected chi connectivity index (χ2v) is 6.05. The number of pyridine rings is 1. The highest BCUT2D eigenvalue weighted by Gasteiger charge is 2.19. The summed E-state index contributed by atoms with van der Waals surface area (Å²) in [7, 11) is 2.22. The fourth-order valence-electron chi connectivity index (χ4n) is 3.06. The van der Waals surface area contributed by atoms with E-state index in [1.54, 1.807) is 0 Å². The van der Waals surface area contributed by atoms with Gasteiger partial charge in [-0.25, -0.2) is 4.98 Å². The van der Waals surface area contributed by atoms with Crippen molar-refractivity contribution in [2.75, 3.05) is 31.2 Å². The van der Waals surface area contributed by atoms with Gasteiger partial charge in [0.15, 0.2) is 0 Å². The summed E-state index contributed by atoms with van der Waals surface area (Å²) in [5, 5.41) is 3.42. The van der Waals surface area contributed by atoms with Crippen LogP contribution in [0.1, 0.15) is 19.3 Å². The van der Waals surface area contributed by atoms with E-state index >= 15 is 0 Å². The molecule has 1 aromatic heterocycles. The predicted molar refractivity (Wildman–Crippen MR) is 92.8 cm³/mol. The van der Waals surface area contributed by atoms with Crippen LogP contribution in [0.4, 0.5) is 11.5 Å². The molecule has 1 atom stereocenters. The molecule has 0 amide bonds. The Bertz CT molecular complexity index is 591. The minimum atomic E-state index is 0.724. The van der Waals surface area contributed by atoms with Crippen LogP contribution in [0.25, 0.3) is 11.1 Å². The molecule has 0 aliphatic carbocycles. The Hall–Kier alpha value is -2.07. The quantitative estimate of drug-likeness (QED) is 0.832. The lowest BCUT2D eigenvalue weighted by atomic mass is 10.1. The number of nitrogens with two attached hydrogens (primary N) is 1. The number of nitrogen functional groups attached to an aromatic ring is 1. The molecular weight excluding hydrogens is 272 g/mol. The summed E-state index contributed by atoms with van der Waals surface area (Å²) in [6.45, 7) is 2.21. The fraction of sp³-hybridized carbons (Fsp3) is 0.389. The molecule has 1 saturated heterocycles. The first kappa shape index (κ1) is 14.9. The third kappa shape index (κ3) is 3.57. The number of benzene rings is 1. The maximum absolute atomic E-state index is 5.72. The molecule has 3 rings (SSSR count). The van der Waals surface area contributed by atoms with Crippen LogP contribution in [0.15, 0.2) is 42.6 Å². The highest BCUT2D eigenvalue weighted by Crippen LogP contribution is 2.21. The van der Waals surface area contributed by atoms with Crippen LogP contribution >= 0.6 is 0 Å². The molecule has 0 bridgehead atoms. The minimum absolute atomic E-state index is 0.724. The number of hydrogen-bond donors (Lipinski definition) is 2. The van der Waals surface area contributed by atoms with Crippen LogP contribution < -0.4 is 11.1 Å². The molecular formula is C18H24N4. The molecule has 2 aromatic rings. The van der Waals surface area contributed by atoms with E-state index in [2.05, 4.69) is 28.3 Å². The van der Waals surface area contributed by atoms with Gasteiger partial charge >= 0.3 is 0 Å². The fourth-order valence-corrected chi connectivity index (χ4v) is 3.06. The summed E-state index contributed by atoms with van der Waals surface area (Å²) >= 11 is 0. The molecule has 1 aliphatic rings. The topological polar surface area (TPSA) is 54.2 Å². The normalized spacial score (nSPS) is 18.5. The van der Waals surface area contributed by atoms with E-state index in [0.717, 1.165) is 35.2 Å². The highest BCUT2D eigenvalue weighted by molar-refractivity contribution is 5.65. The zero-order chi connectivity index (χ0) is 15.4. The van der Waals surface area contributed by atoms with Crippen LogP contribution in [0, 0.1) is 0 Å². The van der Waals surface area contributed by atoms with Crippen LogP contribution in [0.5, 0.6) is 0 Å².